The second-order valence-corrected chi connectivity index (χ2v) is 5.22. The van der Waals surface area contributed by atoms with Crippen LogP contribution in [0.1, 0.15) is 6.42 Å². The van der Waals surface area contributed by atoms with Gasteiger partial charge in [-0.3, -0.25) is 0 Å². The summed E-state index contributed by atoms with van der Waals surface area (Å²) >= 11 is 4.78. The molecule has 2 heterocycles. The molecule has 6 heteroatoms. The number of anilines is 1. The van der Waals surface area contributed by atoms with Gasteiger partial charge >= 0.3 is 0 Å². The molecule has 1 aliphatic rings. The highest BCUT2D eigenvalue weighted by molar-refractivity contribution is 9.11. The van der Waals surface area contributed by atoms with Crippen molar-refractivity contribution in [3.63, 3.8) is 0 Å². The van der Waals surface area contributed by atoms with Crippen LogP contribution in [-0.4, -0.2) is 30.0 Å². The quantitative estimate of drug-likeness (QED) is 0.903. The zero-order valence-electron chi connectivity index (χ0n) is 6.99. The zero-order chi connectivity index (χ0) is 9.10. The van der Waals surface area contributed by atoms with E-state index in [9.17, 15) is 0 Å². The molecule has 13 heavy (non-hydrogen) atoms. The summed E-state index contributed by atoms with van der Waals surface area (Å²) in [5, 5.41) is 11.9. The molecule has 1 N–H and O–H groups in total. The summed E-state index contributed by atoms with van der Waals surface area (Å²) in [4.78, 5) is 0. The van der Waals surface area contributed by atoms with Gasteiger partial charge in [0.2, 0.25) is 5.13 Å². The summed E-state index contributed by atoms with van der Waals surface area (Å²) < 4.78 is 6.09. The third-order valence-corrected chi connectivity index (χ3v) is 3.28. The average molecular weight is 264 g/mol. The summed E-state index contributed by atoms with van der Waals surface area (Å²) in [6.45, 7) is 2.70. The summed E-state index contributed by atoms with van der Waals surface area (Å²) in [5.41, 5.74) is 0. The van der Waals surface area contributed by atoms with E-state index in [1.165, 1.54) is 11.3 Å². The first kappa shape index (κ1) is 9.36. The Bertz CT molecular complexity index is 274. The van der Waals surface area contributed by atoms with E-state index in [1.807, 2.05) is 0 Å². The fourth-order valence-corrected chi connectivity index (χ4v) is 2.27. The topological polar surface area (TPSA) is 47.0 Å². The first-order chi connectivity index (χ1) is 6.34. The highest BCUT2D eigenvalue weighted by Gasteiger charge is 2.15. The van der Waals surface area contributed by atoms with Crippen molar-refractivity contribution in [2.24, 2.45) is 5.92 Å². The lowest BCUT2D eigenvalue weighted by Gasteiger charge is -2.06. The number of aromatic nitrogens is 2. The molecule has 0 aromatic carbocycles. The molecule has 4 nitrogen and oxygen atoms in total. The lowest BCUT2D eigenvalue weighted by molar-refractivity contribution is 0.187. The van der Waals surface area contributed by atoms with Gasteiger partial charge in [0.1, 0.15) is 0 Å². The molecule has 1 aromatic rings. The molecule has 2 rings (SSSR count). The number of nitrogens with zero attached hydrogens (tertiary/aromatic N) is 2. The smallest absolute Gasteiger partial charge is 0.206 e. The van der Waals surface area contributed by atoms with Crippen LogP contribution in [-0.2, 0) is 4.74 Å². The van der Waals surface area contributed by atoms with Crippen molar-refractivity contribution in [1.29, 1.82) is 0 Å². The van der Waals surface area contributed by atoms with Crippen molar-refractivity contribution >= 4 is 32.4 Å². The Morgan fingerprint density at radius 1 is 1.62 bits per heavy atom. The molecule has 0 radical (unpaired) electrons. The largest absolute Gasteiger partial charge is 0.381 e. The maximum absolute atomic E-state index is 5.27. The molecule has 1 aliphatic heterocycles. The molecular weight excluding hydrogens is 254 g/mol. The van der Waals surface area contributed by atoms with Gasteiger partial charge in [-0.15, -0.1) is 10.2 Å². The molecule has 0 saturated carbocycles. The predicted octanol–water partition coefficient (Wildman–Crippen LogP) is 1.75. The van der Waals surface area contributed by atoms with Crippen LogP contribution in [0.15, 0.2) is 3.92 Å². The summed E-state index contributed by atoms with van der Waals surface area (Å²) in [6, 6.07) is 0. The summed E-state index contributed by atoms with van der Waals surface area (Å²) in [6.07, 6.45) is 1.15. The number of hydrogen-bond acceptors (Lipinski definition) is 5. The van der Waals surface area contributed by atoms with Crippen molar-refractivity contribution in [3.8, 4) is 0 Å². The van der Waals surface area contributed by atoms with E-state index in [0.717, 1.165) is 35.2 Å². The van der Waals surface area contributed by atoms with E-state index < -0.39 is 0 Å². The minimum absolute atomic E-state index is 0.627. The predicted molar refractivity (Wildman–Crippen MR) is 55.0 cm³/mol. The number of hydrogen-bond donors (Lipinski definition) is 1. The number of ether oxygens (including phenoxy) is 1. The molecule has 1 saturated heterocycles. The molecule has 72 valence electrons. The Hall–Kier alpha value is -0.200. The molecule has 0 spiro atoms. The first-order valence-electron chi connectivity index (χ1n) is 4.15. The SMILES string of the molecule is Brc1nnc(NCC2CCOC2)s1. The Morgan fingerprint density at radius 3 is 3.15 bits per heavy atom. The molecular formula is C7H10BrN3OS. The van der Waals surface area contributed by atoms with Crippen molar-refractivity contribution in [3.05, 3.63) is 3.92 Å². The van der Waals surface area contributed by atoms with Crippen LogP contribution in [0.4, 0.5) is 5.13 Å². The van der Waals surface area contributed by atoms with E-state index in [-0.39, 0.29) is 0 Å². The number of nitrogens with one attached hydrogen (secondary N) is 1. The fourth-order valence-electron chi connectivity index (χ4n) is 1.25. The van der Waals surface area contributed by atoms with Gasteiger partial charge in [-0.25, -0.2) is 0 Å². The van der Waals surface area contributed by atoms with Crippen LogP contribution < -0.4 is 5.32 Å². The van der Waals surface area contributed by atoms with Crippen LogP contribution in [0.2, 0.25) is 0 Å². The van der Waals surface area contributed by atoms with Crippen molar-refractivity contribution in [2.75, 3.05) is 25.1 Å². The van der Waals surface area contributed by atoms with E-state index in [1.54, 1.807) is 0 Å². The minimum Gasteiger partial charge on any atom is -0.381 e. The molecule has 1 unspecified atom stereocenters. The van der Waals surface area contributed by atoms with Gasteiger partial charge in [0.05, 0.1) is 6.61 Å². The lowest BCUT2D eigenvalue weighted by Crippen LogP contribution is -2.13. The summed E-state index contributed by atoms with van der Waals surface area (Å²) in [7, 11) is 0. The molecule has 0 aliphatic carbocycles. The maximum Gasteiger partial charge on any atom is 0.206 e. The average Bonchev–Trinajstić information content (AvgIpc) is 2.71. The molecule has 1 aromatic heterocycles. The van der Waals surface area contributed by atoms with E-state index in [2.05, 4.69) is 31.4 Å². The van der Waals surface area contributed by atoms with E-state index in [0.29, 0.717) is 5.92 Å². The second-order valence-electron chi connectivity index (χ2n) is 2.97. The number of halogens is 1. The van der Waals surface area contributed by atoms with Crippen LogP contribution in [0, 0.1) is 5.92 Å². The van der Waals surface area contributed by atoms with Gasteiger partial charge in [0, 0.05) is 19.1 Å². The Balaban J connectivity index is 1.78. The van der Waals surface area contributed by atoms with Crippen molar-refractivity contribution in [1.82, 2.24) is 10.2 Å². The fraction of sp³-hybridized carbons (Fsp3) is 0.714. The number of rotatable bonds is 3. The van der Waals surface area contributed by atoms with Crippen LogP contribution in [0.5, 0.6) is 0 Å². The van der Waals surface area contributed by atoms with Gasteiger partial charge in [-0.05, 0) is 22.4 Å². The minimum atomic E-state index is 0.627. The van der Waals surface area contributed by atoms with E-state index >= 15 is 0 Å². The van der Waals surface area contributed by atoms with Gasteiger partial charge in [-0.1, -0.05) is 11.3 Å². The van der Waals surface area contributed by atoms with Crippen LogP contribution >= 0.6 is 27.3 Å². The third kappa shape index (κ3) is 2.62. The monoisotopic (exact) mass is 263 g/mol. The summed E-state index contributed by atoms with van der Waals surface area (Å²) in [5.74, 6) is 0.627. The van der Waals surface area contributed by atoms with Crippen LogP contribution in [0.3, 0.4) is 0 Å². The molecule has 1 fully saturated rings. The standard InChI is InChI=1S/C7H10BrN3OS/c8-6-10-11-7(13-6)9-3-5-1-2-12-4-5/h5H,1-4H2,(H,9,11). The first-order valence-corrected chi connectivity index (χ1v) is 5.76. The second kappa shape index (κ2) is 4.34. The highest BCUT2D eigenvalue weighted by Crippen LogP contribution is 2.21. The normalized spacial score (nSPS) is 22.1. The van der Waals surface area contributed by atoms with Crippen LogP contribution in [0.25, 0.3) is 0 Å². The Kier molecular flexibility index (Phi) is 3.13. The lowest BCUT2D eigenvalue weighted by atomic mass is 10.1. The maximum atomic E-state index is 5.27. The van der Waals surface area contributed by atoms with Gasteiger partial charge in [0.15, 0.2) is 3.92 Å². The third-order valence-electron chi connectivity index (χ3n) is 1.97. The molecule has 0 bridgehead atoms. The van der Waals surface area contributed by atoms with Gasteiger partial charge in [0.25, 0.3) is 0 Å². The van der Waals surface area contributed by atoms with Crippen molar-refractivity contribution < 1.29 is 4.74 Å². The Labute approximate surface area is 88.8 Å². The Morgan fingerprint density at radius 2 is 2.54 bits per heavy atom. The highest BCUT2D eigenvalue weighted by atomic mass is 79.9. The van der Waals surface area contributed by atoms with E-state index in [4.69, 9.17) is 4.74 Å². The van der Waals surface area contributed by atoms with Crippen molar-refractivity contribution in [2.45, 2.75) is 6.42 Å². The molecule has 1 atom stereocenters. The van der Waals surface area contributed by atoms with Gasteiger partial charge in [-0.2, -0.15) is 0 Å². The molecule has 0 amide bonds. The zero-order valence-corrected chi connectivity index (χ0v) is 9.40. The van der Waals surface area contributed by atoms with Gasteiger partial charge < -0.3 is 10.1 Å².